The lowest BCUT2D eigenvalue weighted by atomic mass is 10.5. The van der Waals surface area contributed by atoms with Crippen LogP contribution < -0.4 is 0 Å². The molecule has 0 unspecified atom stereocenters. The van der Waals surface area contributed by atoms with Gasteiger partial charge in [0, 0.05) is 21.5 Å². The van der Waals surface area contributed by atoms with Crippen molar-refractivity contribution in [2.75, 3.05) is 6.61 Å². The highest BCUT2D eigenvalue weighted by Crippen LogP contribution is 2.25. The first-order valence-corrected chi connectivity index (χ1v) is 6.97. The number of carbonyl (C=O) groups is 1. The molecule has 0 bridgehead atoms. The molecule has 0 saturated carbocycles. The van der Waals surface area contributed by atoms with Crippen LogP contribution in [0.15, 0.2) is 23.4 Å². The summed E-state index contributed by atoms with van der Waals surface area (Å²) in [7, 11) is 0. The third-order valence-electron chi connectivity index (χ3n) is 2.16. The molecule has 0 radical (unpaired) electrons. The van der Waals surface area contributed by atoms with Gasteiger partial charge < -0.3 is 4.74 Å². The number of nitriles is 1. The zero-order valence-electron chi connectivity index (χ0n) is 9.38. The van der Waals surface area contributed by atoms with E-state index in [1.807, 2.05) is 17.5 Å². The monoisotopic (exact) mass is 373 g/mol. The highest BCUT2D eigenvalue weighted by molar-refractivity contribution is 14.1. The SMILES string of the molecule is CCOC(=O)c1nc2cc(I)ccn2c1SC#N. The van der Waals surface area contributed by atoms with Crippen LogP contribution in [0.25, 0.3) is 5.65 Å². The molecule has 7 heteroatoms. The van der Waals surface area contributed by atoms with Crippen LogP contribution in [-0.4, -0.2) is 22.0 Å². The molecule has 5 nitrogen and oxygen atoms in total. The van der Waals surface area contributed by atoms with Crippen molar-refractivity contribution in [1.29, 1.82) is 5.26 Å². The van der Waals surface area contributed by atoms with Gasteiger partial charge in [0.1, 0.15) is 16.1 Å². The number of hydrogen-bond donors (Lipinski definition) is 0. The third kappa shape index (κ3) is 2.44. The Morgan fingerprint density at radius 2 is 2.50 bits per heavy atom. The number of esters is 1. The van der Waals surface area contributed by atoms with Crippen LogP contribution in [0.4, 0.5) is 0 Å². The molecule has 2 aromatic rings. The zero-order chi connectivity index (χ0) is 13.1. The number of fused-ring (bicyclic) bond motifs is 1. The summed E-state index contributed by atoms with van der Waals surface area (Å²) >= 11 is 3.06. The highest BCUT2D eigenvalue weighted by atomic mass is 127. The van der Waals surface area contributed by atoms with E-state index in [9.17, 15) is 4.79 Å². The summed E-state index contributed by atoms with van der Waals surface area (Å²) in [5, 5.41) is 11.3. The Morgan fingerprint density at radius 3 is 3.17 bits per heavy atom. The van der Waals surface area contributed by atoms with Crippen molar-refractivity contribution in [2.24, 2.45) is 0 Å². The van der Waals surface area contributed by atoms with Gasteiger partial charge in [0.2, 0.25) is 0 Å². The van der Waals surface area contributed by atoms with Crippen LogP contribution in [0.5, 0.6) is 0 Å². The number of aromatic nitrogens is 2. The summed E-state index contributed by atoms with van der Waals surface area (Å²) in [6.45, 7) is 2.01. The maximum atomic E-state index is 11.8. The van der Waals surface area contributed by atoms with E-state index in [0.717, 1.165) is 15.3 Å². The quantitative estimate of drug-likeness (QED) is 0.358. The summed E-state index contributed by atoms with van der Waals surface area (Å²) in [5.41, 5.74) is 0.813. The van der Waals surface area contributed by atoms with Gasteiger partial charge in [-0.1, -0.05) is 0 Å². The fourth-order valence-electron chi connectivity index (χ4n) is 1.47. The van der Waals surface area contributed by atoms with Crippen LogP contribution in [0.1, 0.15) is 17.4 Å². The van der Waals surface area contributed by atoms with Gasteiger partial charge in [-0.05, 0) is 41.6 Å². The summed E-state index contributed by atoms with van der Waals surface area (Å²) in [4.78, 5) is 16.0. The Labute approximate surface area is 121 Å². The molecule has 0 aromatic carbocycles. The van der Waals surface area contributed by atoms with E-state index >= 15 is 0 Å². The highest BCUT2D eigenvalue weighted by Gasteiger charge is 2.20. The molecular weight excluding hydrogens is 365 g/mol. The van der Waals surface area contributed by atoms with Gasteiger partial charge in [-0.2, -0.15) is 5.26 Å². The van der Waals surface area contributed by atoms with Gasteiger partial charge in [-0.3, -0.25) is 4.40 Å². The molecule has 0 N–H and O–H groups in total. The minimum absolute atomic E-state index is 0.186. The minimum Gasteiger partial charge on any atom is -0.461 e. The first-order valence-electron chi connectivity index (χ1n) is 5.08. The van der Waals surface area contributed by atoms with Gasteiger partial charge in [-0.25, -0.2) is 9.78 Å². The molecule has 0 aliphatic heterocycles. The third-order valence-corrected chi connectivity index (χ3v) is 3.50. The number of ether oxygens (including phenoxy) is 1. The molecular formula is C11H8IN3O2S. The zero-order valence-corrected chi connectivity index (χ0v) is 12.4. The van der Waals surface area contributed by atoms with Gasteiger partial charge in [-0.15, -0.1) is 0 Å². The Bertz CT molecular complexity index is 648. The van der Waals surface area contributed by atoms with Crippen LogP contribution in [0.2, 0.25) is 0 Å². The van der Waals surface area contributed by atoms with E-state index in [1.165, 1.54) is 0 Å². The van der Waals surface area contributed by atoms with Crippen molar-refractivity contribution in [3.8, 4) is 5.40 Å². The summed E-state index contributed by atoms with van der Waals surface area (Å²) in [5.74, 6) is -0.506. The molecule has 2 rings (SSSR count). The smallest absolute Gasteiger partial charge is 0.359 e. The van der Waals surface area contributed by atoms with E-state index in [2.05, 4.69) is 27.6 Å². The second-order valence-electron chi connectivity index (χ2n) is 3.25. The van der Waals surface area contributed by atoms with E-state index < -0.39 is 5.97 Å². The molecule has 0 spiro atoms. The van der Waals surface area contributed by atoms with E-state index in [4.69, 9.17) is 10.00 Å². The molecule has 0 saturated heterocycles. The van der Waals surface area contributed by atoms with Crippen molar-refractivity contribution < 1.29 is 9.53 Å². The van der Waals surface area contributed by atoms with Crippen molar-refractivity contribution in [1.82, 2.24) is 9.38 Å². The number of carbonyl (C=O) groups excluding carboxylic acids is 1. The molecule has 2 aromatic heterocycles. The van der Waals surface area contributed by atoms with Gasteiger partial charge in [0.15, 0.2) is 5.69 Å². The number of pyridine rings is 1. The first-order chi connectivity index (χ1) is 8.67. The van der Waals surface area contributed by atoms with E-state index in [1.54, 1.807) is 17.5 Å². The van der Waals surface area contributed by atoms with E-state index in [-0.39, 0.29) is 12.3 Å². The molecule has 18 heavy (non-hydrogen) atoms. The predicted octanol–water partition coefficient (Wildman–Crippen LogP) is 2.69. The average molecular weight is 373 g/mol. The Hall–Kier alpha value is -1.27. The molecule has 2 heterocycles. The number of rotatable bonds is 3. The number of thioether (sulfide) groups is 1. The molecule has 0 aliphatic rings. The lowest BCUT2D eigenvalue weighted by Gasteiger charge is -2.00. The van der Waals surface area contributed by atoms with Crippen molar-refractivity contribution >= 4 is 46.0 Å². The molecule has 0 atom stereocenters. The summed E-state index contributed by atoms with van der Waals surface area (Å²) in [6.07, 6.45) is 1.78. The van der Waals surface area contributed by atoms with Crippen LogP contribution in [0.3, 0.4) is 0 Å². The predicted molar refractivity (Wildman–Crippen MR) is 75.3 cm³/mol. The molecule has 0 aliphatic carbocycles. The normalized spacial score (nSPS) is 10.3. The van der Waals surface area contributed by atoms with Crippen LogP contribution in [0, 0.1) is 14.2 Å². The average Bonchev–Trinajstić information content (AvgIpc) is 2.68. The molecule has 0 amide bonds. The number of halogens is 1. The largest absolute Gasteiger partial charge is 0.461 e. The minimum atomic E-state index is -0.506. The Kier molecular flexibility index (Phi) is 4.08. The summed E-state index contributed by atoms with van der Waals surface area (Å²) in [6, 6.07) is 3.72. The van der Waals surface area contributed by atoms with Gasteiger partial charge in [0.25, 0.3) is 0 Å². The maximum Gasteiger partial charge on any atom is 0.359 e. The van der Waals surface area contributed by atoms with Crippen LogP contribution in [-0.2, 0) is 4.74 Å². The summed E-state index contributed by atoms with van der Waals surface area (Å²) < 4.78 is 7.65. The molecule has 0 fully saturated rings. The van der Waals surface area contributed by atoms with Crippen molar-refractivity contribution in [2.45, 2.75) is 11.9 Å². The van der Waals surface area contributed by atoms with Crippen LogP contribution >= 0.6 is 34.4 Å². The fraction of sp³-hybridized carbons (Fsp3) is 0.182. The lowest BCUT2D eigenvalue weighted by molar-refractivity contribution is 0.0515. The van der Waals surface area contributed by atoms with Crippen molar-refractivity contribution in [3.05, 3.63) is 27.6 Å². The maximum absolute atomic E-state index is 11.8. The van der Waals surface area contributed by atoms with Gasteiger partial charge in [0.05, 0.1) is 6.61 Å². The number of imidazole rings is 1. The number of nitrogens with zero attached hydrogens (tertiary/aromatic N) is 3. The fourth-order valence-corrected chi connectivity index (χ4v) is 2.47. The number of hydrogen-bond acceptors (Lipinski definition) is 5. The lowest BCUT2D eigenvalue weighted by Crippen LogP contribution is -2.06. The Balaban J connectivity index is 2.61. The number of thiocyanates is 1. The first kappa shape index (κ1) is 13.2. The Morgan fingerprint density at radius 1 is 1.72 bits per heavy atom. The van der Waals surface area contributed by atoms with Gasteiger partial charge >= 0.3 is 5.97 Å². The topological polar surface area (TPSA) is 67.4 Å². The molecule has 92 valence electrons. The van der Waals surface area contributed by atoms with E-state index in [0.29, 0.717) is 10.7 Å². The second kappa shape index (κ2) is 5.58. The second-order valence-corrected chi connectivity index (χ2v) is 5.27. The van der Waals surface area contributed by atoms with Crippen molar-refractivity contribution in [3.63, 3.8) is 0 Å². The standard InChI is InChI=1S/C11H8IN3O2S/c1-2-17-11(16)9-10(18-6-13)15-4-3-7(12)5-8(15)14-9/h3-5H,2H2,1H3.